The van der Waals surface area contributed by atoms with E-state index in [4.69, 9.17) is 4.65 Å². The predicted molar refractivity (Wildman–Crippen MR) is 59.9 cm³/mol. The summed E-state index contributed by atoms with van der Waals surface area (Å²) in [5, 5.41) is 11.9. The average molecular weight is 205 g/mol. The third-order valence-electron chi connectivity index (χ3n) is 1.87. The van der Waals surface area contributed by atoms with E-state index in [1.807, 2.05) is 0 Å². The zero-order valence-corrected chi connectivity index (χ0v) is 8.43. The topological polar surface area (TPSA) is 58.6 Å². The molecule has 0 aliphatic rings. The van der Waals surface area contributed by atoms with Gasteiger partial charge >= 0.3 is 7.12 Å². The van der Waals surface area contributed by atoms with Crippen LogP contribution in [0.4, 0.5) is 5.69 Å². The quantitative estimate of drug-likeness (QED) is 0.543. The average Bonchev–Trinajstić information content (AvgIpc) is 2.29. The highest BCUT2D eigenvalue weighted by atomic mass is 16.5. The van der Waals surface area contributed by atoms with Gasteiger partial charge in [-0.2, -0.15) is 0 Å². The van der Waals surface area contributed by atoms with Gasteiger partial charge in [-0.3, -0.25) is 4.79 Å². The molecule has 15 heavy (non-hydrogen) atoms. The van der Waals surface area contributed by atoms with E-state index >= 15 is 0 Å². The highest BCUT2D eigenvalue weighted by Gasteiger charge is 2.13. The number of carbonyl (C=O) groups excluding carboxylic acids is 1. The number of amides is 1. The summed E-state index contributed by atoms with van der Waals surface area (Å²) in [6, 6.07) is 6.71. The summed E-state index contributed by atoms with van der Waals surface area (Å²) in [6.45, 7) is 3.34. The molecule has 1 aromatic rings. The van der Waals surface area contributed by atoms with Crippen molar-refractivity contribution < 1.29 is 14.5 Å². The van der Waals surface area contributed by atoms with Crippen molar-refractivity contribution in [3.8, 4) is 0 Å². The summed E-state index contributed by atoms with van der Waals surface area (Å²) in [5.74, 6) is -0.268. The molecular formula is C10H12BNO3. The van der Waals surface area contributed by atoms with Gasteiger partial charge in [0.05, 0.1) is 0 Å². The summed E-state index contributed by atoms with van der Waals surface area (Å²) in [7, 11) is 0.479. The summed E-state index contributed by atoms with van der Waals surface area (Å²) in [4.78, 5) is 11.0. The van der Waals surface area contributed by atoms with Gasteiger partial charge in [0.25, 0.3) is 0 Å². The largest absolute Gasteiger partial charge is 0.490 e. The Hall–Kier alpha value is -1.59. The van der Waals surface area contributed by atoms with E-state index in [9.17, 15) is 9.82 Å². The van der Waals surface area contributed by atoms with Crippen LogP contribution in [0.3, 0.4) is 0 Å². The van der Waals surface area contributed by atoms with Crippen LogP contribution in [0, 0.1) is 0 Å². The minimum atomic E-state index is -0.936. The van der Waals surface area contributed by atoms with Crippen LogP contribution < -0.4 is 10.8 Å². The lowest BCUT2D eigenvalue weighted by Crippen LogP contribution is -2.32. The molecule has 0 spiro atoms. The zero-order chi connectivity index (χ0) is 11.3. The number of hydrogen-bond acceptors (Lipinski definition) is 3. The molecule has 1 rings (SSSR count). The van der Waals surface area contributed by atoms with Crippen LogP contribution >= 0.6 is 0 Å². The number of anilines is 1. The van der Waals surface area contributed by atoms with Gasteiger partial charge in [0.15, 0.2) is 0 Å². The minimum absolute atomic E-state index is 0.268. The second kappa shape index (κ2) is 5.33. The van der Waals surface area contributed by atoms with Gasteiger partial charge in [0.1, 0.15) is 0 Å². The van der Waals surface area contributed by atoms with E-state index in [1.165, 1.54) is 13.2 Å². The van der Waals surface area contributed by atoms with Crippen molar-refractivity contribution in [2.45, 2.75) is 0 Å². The lowest BCUT2D eigenvalue weighted by atomic mass is 9.80. The Morgan fingerprint density at radius 2 is 2.13 bits per heavy atom. The second-order valence-corrected chi connectivity index (χ2v) is 2.90. The maximum absolute atomic E-state index is 11.0. The molecule has 0 bridgehead atoms. The Bertz CT molecular complexity index is 350. The molecule has 1 aromatic carbocycles. The fourth-order valence-electron chi connectivity index (χ4n) is 1.06. The van der Waals surface area contributed by atoms with Gasteiger partial charge in [-0.25, -0.2) is 0 Å². The van der Waals surface area contributed by atoms with E-state index < -0.39 is 7.12 Å². The van der Waals surface area contributed by atoms with Gasteiger partial charge in [0, 0.05) is 12.8 Å². The van der Waals surface area contributed by atoms with Crippen molar-refractivity contribution in [2.24, 2.45) is 0 Å². The summed E-state index contributed by atoms with van der Waals surface area (Å²) in [6.07, 6.45) is 1.19. The fraction of sp³-hybridized carbons (Fsp3) is 0.100. The molecule has 0 saturated carbocycles. The van der Waals surface area contributed by atoms with Crippen LogP contribution in [0.1, 0.15) is 0 Å². The van der Waals surface area contributed by atoms with Crippen LogP contribution in [0.25, 0.3) is 0 Å². The van der Waals surface area contributed by atoms with E-state index in [0.717, 1.165) is 0 Å². The molecule has 5 heteroatoms. The first-order valence-corrected chi connectivity index (χ1v) is 4.41. The second-order valence-electron chi connectivity index (χ2n) is 2.90. The third-order valence-corrected chi connectivity index (χ3v) is 1.87. The molecule has 0 unspecified atom stereocenters. The number of benzene rings is 1. The third kappa shape index (κ3) is 3.23. The lowest BCUT2D eigenvalue weighted by Gasteiger charge is -2.05. The molecule has 1 amide bonds. The molecule has 0 saturated heterocycles. The van der Waals surface area contributed by atoms with Crippen LogP contribution in [-0.4, -0.2) is 25.2 Å². The van der Waals surface area contributed by atoms with Crippen molar-refractivity contribution in [3.05, 3.63) is 36.9 Å². The molecule has 0 aliphatic carbocycles. The molecule has 0 heterocycles. The van der Waals surface area contributed by atoms with Gasteiger partial charge in [-0.1, -0.05) is 18.7 Å². The number of carbonyl (C=O) groups is 1. The van der Waals surface area contributed by atoms with Gasteiger partial charge in [-0.15, -0.1) is 0 Å². The molecule has 0 aromatic heterocycles. The van der Waals surface area contributed by atoms with Crippen molar-refractivity contribution in [2.75, 3.05) is 12.4 Å². The first-order valence-electron chi connectivity index (χ1n) is 4.41. The predicted octanol–water partition coefficient (Wildman–Crippen LogP) is 0.145. The maximum atomic E-state index is 11.0. The Morgan fingerprint density at radius 1 is 1.53 bits per heavy atom. The number of nitrogens with one attached hydrogen (secondary N) is 1. The van der Waals surface area contributed by atoms with Crippen LogP contribution in [0.15, 0.2) is 36.9 Å². The summed E-state index contributed by atoms with van der Waals surface area (Å²) < 4.78 is 4.73. The summed E-state index contributed by atoms with van der Waals surface area (Å²) in [5.41, 5.74) is 1.28. The zero-order valence-electron chi connectivity index (χ0n) is 8.43. The molecule has 0 aliphatic heterocycles. The van der Waals surface area contributed by atoms with Crippen molar-refractivity contribution in [3.63, 3.8) is 0 Å². The maximum Gasteiger partial charge on any atom is 0.490 e. The van der Waals surface area contributed by atoms with E-state index in [0.29, 0.717) is 11.2 Å². The Labute approximate surface area is 88.7 Å². The molecule has 0 atom stereocenters. The molecule has 0 fully saturated rings. The highest BCUT2D eigenvalue weighted by molar-refractivity contribution is 6.59. The minimum Gasteiger partial charge on any atom is -0.423 e. The van der Waals surface area contributed by atoms with Crippen LogP contribution in [0.5, 0.6) is 0 Å². The standard InChI is InChI=1S/C10H12BNO3/c1-3-10(13)12-9-6-4-8(5-7-9)11(14)15-2/h3-7,14H,1H2,2H3,(H,12,13). The Balaban J connectivity index is 2.72. The highest BCUT2D eigenvalue weighted by Crippen LogP contribution is 2.04. The Morgan fingerprint density at radius 3 is 2.60 bits per heavy atom. The van der Waals surface area contributed by atoms with Crippen LogP contribution in [0.2, 0.25) is 0 Å². The van der Waals surface area contributed by atoms with E-state index in [1.54, 1.807) is 24.3 Å². The normalized spacial score (nSPS) is 9.47. The molecule has 4 nitrogen and oxygen atoms in total. The fourth-order valence-corrected chi connectivity index (χ4v) is 1.06. The Kier molecular flexibility index (Phi) is 4.09. The first kappa shape index (κ1) is 11.5. The summed E-state index contributed by atoms with van der Waals surface area (Å²) >= 11 is 0. The van der Waals surface area contributed by atoms with Crippen molar-refractivity contribution in [1.82, 2.24) is 0 Å². The number of rotatable bonds is 4. The van der Waals surface area contributed by atoms with E-state index in [-0.39, 0.29) is 5.91 Å². The van der Waals surface area contributed by atoms with Crippen molar-refractivity contribution in [1.29, 1.82) is 0 Å². The molecule has 78 valence electrons. The molecular weight excluding hydrogens is 193 g/mol. The number of hydrogen-bond donors (Lipinski definition) is 2. The van der Waals surface area contributed by atoms with E-state index in [2.05, 4.69) is 11.9 Å². The smallest absolute Gasteiger partial charge is 0.423 e. The monoisotopic (exact) mass is 205 g/mol. The molecule has 0 radical (unpaired) electrons. The SMILES string of the molecule is C=CC(=O)Nc1ccc(B(O)OC)cc1. The van der Waals surface area contributed by atoms with Gasteiger partial charge < -0.3 is 15.0 Å². The van der Waals surface area contributed by atoms with Gasteiger partial charge in [-0.05, 0) is 23.7 Å². The molecule has 2 N–H and O–H groups in total. The lowest BCUT2D eigenvalue weighted by molar-refractivity contribution is -0.111. The van der Waals surface area contributed by atoms with Crippen molar-refractivity contribution >= 4 is 24.2 Å². The van der Waals surface area contributed by atoms with Crippen LogP contribution in [-0.2, 0) is 9.45 Å². The first-order chi connectivity index (χ1) is 7.17. The van der Waals surface area contributed by atoms with Gasteiger partial charge in [0.2, 0.25) is 5.91 Å².